The van der Waals surface area contributed by atoms with E-state index in [0.29, 0.717) is 24.2 Å². The van der Waals surface area contributed by atoms with E-state index < -0.39 is 11.9 Å². The third-order valence-electron chi connectivity index (χ3n) is 7.43. The van der Waals surface area contributed by atoms with Crippen LogP contribution in [0.3, 0.4) is 0 Å². The molecule has 1 atom stereocenters. The van der Waals surface area contributed by atoms with Crippen molar-refractivity contribution in [3.63, 3.8) is 0 Å². The van der Waals surface area contributed by atoms with Crippen molar-refractivity contribution < 1.29 is 19.2 Å². The molecule has 0 radical (unpaired) electrons. The van der Waals surface area contributed by atoms with Crippen molar-refractivity contribution in [2.24, 2.45) is 4.99 Å². The minimum absolute atomic E-state index is 0.0249. The minimum atomic E-state index is -0.791. The SMILES string of the molecule is CN(C)C(=O)c1ccc(C(=O)NC(=NC2CCCCN(CC(=O)N3CCCC3)C2=O)Nc2cccc3cn[nH]c23)cn1. The van der Waals surface area contributed by atoms with Gasteiger partial charge < -0.3 is 20.0 Å². The first-order valence-corrected chi connectivity index (χ1v) is 14.1. The molecule has 4 heterocycles. The number of aliphatic imine (C=N–C) groups is 1. The van der Waals surface area contributed by atoms with E-state index in [4.69, 9.17) is 4.99 Å². The second-order valence-corrected chi connectivity index (χ2v) is 10.7. The summed E-state index contributed by atoms with van der Waals surface area (Å²) in [5, 5.41) is 13.8. The van der Waals surface area contributed by atoms with Crippen molar-refractivity contribution in [2.75, 3.05) is 45.6 Å². The van der Waals surface area contributed by atoms with Crippen LogP contribution in [0.1, 0.15) is 53.0 Å². The first kappa shape index (κ1) is 28.7. The van der Waals surface area contributed by atoms with Crippen LogP contribution in [0, 0.1) is 0 Å². The molecular weight excluding hydrogens is 538 g/mol. The Bertz CT molecular complexity index is 1490. The Morgan fingerprint density at radius 3 is 2.57 bits per heavy atom. The van der Waals surface area contributed by atoms with Crippen molar-refractivity contribution in [2.45, 2.75) is 38.1 Å². The van der Waals surface area contributed by atoms with E-state index in [0.717, 1.165) is 44.2 Å². The predicted molar refractivity (Wildman–Crippen MR) is 157 cm³/mol. The Balaban J connectivity index is 1.40. The van der Waals surface area contributed by atoms with Gasteiger partial charge in [-0.3, -0.25) is 34.6 Å². The molecule has 2 aliphatic rings. The van der Waals surface area contributed by atoms with Gasteiger partial charge in [0.2, 0.25) is 17.8 Å². The van der Waals surface area contributed by atoms with Crippen LogP contribution in [0.5, 0.6) is 0 Å². The summed E-state index contributed by atoms with van der Waals surface area (Å²) in [6.45, 7) is 1.95. The molecule has 2 fully saturated rings. The van der Waals surface area contributed by atoms with Crippen molar-refractivity contribution >= 4 is 46.2 Å². The number of amides is 4. The highest BCUT2D eigenvalue weighted by Crippen LogP contribution is 2.21. The van der Waals surface area contributed by atoms with Gasteiger partial charge in [0, 0.05) is 45.3 Å². The highest BCUT2D eigenvalue weighted by atomic mass is 16.2. The molecule has 0 saturated carbocycles. The van der Waals surface area contributed by atoms with E-state index in [9.17, 15) is 19.2 Å². The molecule has 0 bridgehead atoms. The van der Waals surface area contributed by atoms with Crippen LogP contribution in [-0.2, 0) is 9.59 Å². The molecule has 4 amide bonds. The minimum Gasteiger partial charge on any atom is -0.343 e. The molecule has 2 saturated heterocycles. The number of aromatic amines is 1. The third kappa shape index (κ3) is 6.56. The lowest BCUT2D eigenvalue weighted by Gasteiger charge is -2.25. The molecule has 13 nitrogen and oxygen atoms in total. The number of hydrogen-bond donors (Lipinski definition) is 3. The van der Waals surface area contributed by atoms with Crippen LogP contribution in [-0.4, -0.2) is 106 Å². The maximum Gasteiger partial charge on any atom is 0.271 e. The number of pyridine rings is 1. The lowest BCUT2D eigenvalue weighted by molar-refractivity contribution is -0.140. The highest BCUT2D eigenvalue weighted by molar-refractivity contribution is 6.12. The molecular formula is C29H35N9O4. The Labute approximate surface area is 243 Å². The number of benzene rings is 1. The summed E-state index contributed by atoms with van der Waals surface area (Å²) >= 11 is 0. The fraction of sp³-hybridized carbons (Fsp3) is 0.414. The second kappa shape index (κ2) is 12.8. The van der Waals surface area contributed by atoms with Gasteiger partial charge in [-0.1, -0.05) is 12.1 Å². The quantitative estimate of drug-likeness (QED) is 0.300. The summed E-state index contributed by atoms with van der Waals surface area (Å²) in [4.78, 5) is 65.6. The number of fused-ring (bicyclic) bond motifs is 1. The molecule has 42 heavy (non-hydrogen) atoms. The van der Waals surface area contributed by atoms with Gasteiger partial charge in [0.25, 0.3) is 11.8 Å². The number of aromatic nitrogens is 3. The van der Waals surface area contributed by atoms with E-state index in [1.807, 2.05) is 12.1 Å². The molecule has 0 aliphatic carbocycles. The molecule has 3 aromatic rings. The topological polar surface area (TPSA) is 156 Å². The number of rotatable bonds is 6. The number of H-pyrrole nitrogens is 1. The van der Waals surface area contributed by atoms with E-state index in [1.165, 1.54) is 23.2 Å². The van der Waals surface area contributed by atoms with Gasteiger partial charge in [-0.05, 0) is 50.3 Å². The number of nitrogens with one attached hydrogen (secondary N) is 3. The standard InChI is InChI=1S/C29H35N9O4/c1-36(2)27(41)22-12-11-20(16-30-22)26(40)34-29(32-21-10-7-8-19-17-31-35-25(19)21)33-23-9-3-4-15-38(28(23)42)18-24(39)37-13-5-6-14-37/h7-8,10-12,16-17,23H,3-6,9,13-15,18H2,1-2H3,(H,31,35)(H2,32,33,34,40). The lowest BCUT2D eigenvalue weighted by Crippen LogP contribution is -2.45. The Hall–Kier alpha value is -4.81. The number of likely N-dealkylation sites (tertiary alicyclic amines) is 2. The Morgan fingerprint density at radius 2 is 1.83 bits per heavy atom. The van der Waals surface area contributed by atoms with Crippen LogP contribution in [0.2, 0.25) is 0 Å². The number of carbonyl (C=O) groups is 4. The first-order chi connectivity index (χ1) is 20.3. The molecule has 1 unspecified atom stereocenters. The van der Waals surface area contributed by atoms with Gasteiger partial charge in [-0.15, -0.1) is 0 Å². The number of carbonyl (C=O) groups excluding carboxylic acids is 4. The molecule has 5 rings (SSSR count). The van der Waals surface area contributed by atoms with E-state index in [1.54, 1.807) is 36.2 Å². The third-order valence-corrected chi connectivity index (χ3v) is 7.43. The highest BCUT2D eigenvalue weighted by Gasteiger charge is 2.30. The number of nitrogens with zero attached hydrogens (tertiary/aromatic N) is 6. The summed E-state index contributed by atoms with van der Waals surface area (Å²) in [6, 6.07) is 7.74. The first-order valence-electron chi connectivity index (χ1n) is 14.1. The number of hydrogen-bond acceptors (Lipinski definition) is 7. The predicted octanol–water partition coefficient (Wildman–Crippen LogP) is 1.86. The van der Waals surface area contributed by atoms with Crippen molar-refractivity contribution in [1.29, 1.82) is 0 Å². The van der Waals surface area contributed by atoms with Gasteiger partial charge in [-0.25, -0.2) is 4.99 Å². The lowest BCUT2D eigenvalue weighted by atomic mass is 10.1. The van der Waals surface area contributed by atoms with Crippen LogP contribution < -0.4 is 10.6 Å². The average Bonchev–Trinajstić information content (AvgIpc) is 3.68. The normalized spacial score (nSPS) is 17.7. The zero-order valence-corrected chi connectivity index (χ0v) is 23.8. The van der Waals surface area contributed by atoms with Gasteiger partial charge in [0.05, 0.1) is 29.5 Å². The number of anilines is 1. The smallest absolute Gasteiger partial charge is 0.271 e. The largest absolute Gasteiger partial charge is 0.343 e. The van der Waals surface area contributed by atoms with Crippen LogP contribution >= 0.6 is 0 Å². The summed E-state index contributed by atoms with van der Waals surface area (Å²) in [5.74, 6) is -1.02. The zero-order chi connectivity index (χ0) is 29.6. The summed E-state index contributed by atoms with van der Waals surface area (Å²) < 4.78 is 0. The molecule has 220 valence electrons. The average molecular weight is 574 g/mol. The van der Waals surface area contributed by atoms with Gasteiger partial charge >= 0.3 is 0 Å². The molecule has 0 spiro atoms. The molecule has 1 aromatic carbocycles. The Morgan fingerprint density at radius 1 is 1.05 bits per heavy atom. The second-order valence-electron chi connectivity index (χ2n) is 10.7. The molecule has 2 aliphatic heterocycles. The molecule has 3 N–H and O–H groups in total. The fourth-order valence-corrected chi connectivity index (χ4v) is 5.11. The van der Waals surface area contributed by atoms with E-state index in [-0.39, 0.29) is 41.5 Å². The summed E-state index contributed by atoms with van der Waals surface area (Å²) in [6.07, 6.45) is 6.95. The van der Waals surface area contributed by atoms with Gasteiger partial charge in [0.1, 0.15) is 11.7 Å². The fourth-order valence-electron chi connectivity index (χ4n) is 5.11. The van der Waals surface area contributed by atoms with Crippen LogP contribution in [0.15, 0.2) is 47.7 Å². The van der Waals surface area contributed by atoms with Crippen LogP contribution in [0.4, 0.5) is 5.69 Å². The van der Waals surface area contributed by atoms with Crippen LogP contribution in [0.25, 0.3) is 10.9 Å². The number of para-hydroxylation sites is 1. The monoisotopic (exact) mass is 573 g/mol. The van der Waals surface area contributed by atoms with Crippen molar-refractivity contribution in [3.05, 3.63) is 54.0 Å². The van der Waals surface area contributed by atoms with Crippen molar-refractivity contribution in [1.82, 2.24) is 35.2 Å². The Kier molecular flexibility index (Phi) is 8.74. The maximum atomic E-state index is 13.6. The van der Waals surface area contributed by atoms with E-state index >= 15 is 0 Å². The molecule has 13 heteroatoms. The van der Waals surface area contributed by atoms with Gasteiger partial charge in [-0.2, -0.15) is 5.10 Å². The maximum absolute atomic E-state index is 13.6. The van der Waals surface area contributed by atoms with E-state index in [2.05, 4.69) is 25.8 Å². The number of guanidine groups is 1. The van der Waals surface area contributed by atoms with Gasteiger partial charge in [0.15, 0.2) is 0 Å². The van der Waals surface area contributed by atoms with Crippen molar-refractivity contribution in [3.8, 4) is 0 Å². The zero-order valence-electron chi connectivity index (χ0n) is 23.8. The summed E-state index contributed by atoms with van der Waals surface area (Å²) in [7, 11) is 3.25. The summed E-state index contributed by atoms with van der Waals surface area (Å²) in [5.41, 5.74) is 1.74. The molecule has 2 aromatic heterocycles.